The summed E-state index contributed by atoms with van der Waals surface area (Å²) in [4.78, 5) is 14.5. The third-order valence-corrected chi connectivity index (χ3v) is 5.33. The number of carbonyl (C=O) groups is 1. The van der Waals surface area contributed by atoms with Gasteiger partial charge in [-0.05, 0) is 54.3 Å². The first kappa shape index (κ1) is 23.1. The molecule has 3 aromatic rings. The Balaban J connectivity index is 1.91. The smallest absolute Gasteiger partial charge is 0.410 e. The van der Waals surface area contributed by atoms with Gasteiger partial charge in [-0.3, -0.25) is 0 Å². The molecule has 0 atom stereocenters. The Morgan fingerprint density at radius 1 is 1.00 bits per heavy atom. The van der Waals surface area contributed by atoms with Crippen LogP contribution in [0, 0.1) is 12.7 Å². The molecule has 0 saturated carbocycles. The minimum absolute atomic E-state index is 0.0755. The van der Waals surface area contributed by atoms with Crippen molar-refractivity contribution in [3.05, 3.63) is 83.2 Å². The van der Waals surface area contributed by atoms with Crippen LogP contribution in [0.5, 0.6) is 11.5 Å². The van der Waals surface area contributed by atoms with Crippen molar-refractivity contribution >= 4 is 6.09 Å². The van der Waals surface area contributed by atoms with Crippen LogP contribution in [0.3, 0.4) is 0 Å². The number of aryl methyl sites for hydroxylation is 1. The number of rotatable bonds is 8. The van der Waals surface area contributed by atoms with Crippen LogP contribution in [-0.2, 0) is 17.9 Å². The molecule has 1 amide bonds. The Bertz CT molecular complexity index is 1050. The minimum atomic E-state index is -0.440. The average molecular weight is 438 g/mol. The van der Waals surface area contributed by atoms with Gasteiger partial charge in [-0.25, -0.2) is 9.18 Å². The van der Waals surface area contributed by atoms with E-state index in [-0.39, 0.29) is 12.4 Å². The zero-order valence-electron chi connectivity index (χ0n) is 18.9. The molecule has 168 valence electrons. The highest BCUT2D eigenvalue weighted by atomic mass is 19.1. The molecule has 6 heteroatoms. The summed E-state index contributed by atoms with van der Waals surface area (Å²) >= 11 is 0. The molecule has 0 heterocycles. The lowest BCUT2D eigenvalue weighted by Crippen LogP contribution is -2.31. The maximum absolute atomic E-state index is 13.1. The van der Waals surface area contributed by atoms with Crippen LogP contribution in [0.2, 0.25) is 0 Å². The molecule has 0 N–H and O–H groups in total. The number of carbonyl (C=O) groups excluding carboxylic acids is 1. The minimum Gasteiger partial charge on any atom is -0.493 e. The summed E-state index contributed by atoms with van der Waals surface area (Å²) in [6.45, 7) is 4.77. The largest absolute Gasteiger partial charge is 0.493 e. The van der Waals surface area contributed by atoms with Gasteiger partial charge in [-0.2, -0.15) is 0 Å². The maximum atomic E-state index is 13.1. The Hall–Kier alpha value is -3.54. The molecule has 0 radical (unpaired) electrons. The lowest BCUT2D eigenvalue weighted by molar-refractivity contribution is 0.0956. The van der Waals surface area contributed by atoms with E-state index < -0.39 is 6.09 Å². The quantitative estimate of drug-likeness (QED) is 0.435. The monoisotopic (exact) mass is 437 g/mol. The Morgan fingerprint density at radius 2 is 1.69 bits per heavy atom. The van der Waals surface area contributed by atoms with Gasteiger partial charge in [-0.1, -0.05) is 42.5 Å². The van der Waals surface area contributed by atoms with Gasteiger partial charge in [0.2, 0.25) is 0 Å². The SMILES string of the molecule is CCN(Cc1c(C)cc(OC)c(OC)c1-c1ccccc1)C(=O)OCc1ccc(F)cc1. The van der Waals surface area contributed by atoms with Gasteiger partial charge in [-0.15, -0.1) is 0 Å². The predicted molar refractivity (Wildman–Crippen MR) is 122 cm³/mol. The zero-order valence-corrected chi connectivity index (χ0v) is 18.9. The normalized spacial score (nSPS) is 10.5. The van der Waals surface area contributed by atoms with Crippen LogP contribution in [0.1, 0.15) is 23.6 Å². The number of ether oxygens (including phenoxy) is 3. The van der Waals surface area contributed by atoms with Crippen LogP contribution < -0.4 is 9.47 Å². The van der Waals surface area contributed by atoms with E-state index in [2.05, 4.69) is 0 Å². The fraction of sp³-hybridized carbons (Fsp3) is 0.269. The fourth-order valence-corrected chi connectivity index (χ4v) is 3.59. The third kappa shape index (κ3) is 5.19. The highest BCUT2D eigenvalue weighted by Crippen LogP contribution is 2.43. The van der Waals surface area contributed by atoms with E-state index in [1.54, 1.807) is 31.3 Å². The van der Waals surface area contributed by atoms with Crippen molar-refractivity contribution in [1.29, 1.82) is 0 Å². The van der Waals surface area contributed by atoms with Crippen LogP contribution >= 0.6 is 0 Å². The van der Waals surface area contributed by atoms with Crippen molar-refractivity contribution in [3.8, 4) is 22.6 Å². The molecule has 32 heavy (non-hydrogen) atoms. The van der Waals surface area contributed by atoms with Gasteiger partial charge in [0.1, 0.15) is 12.4 Å². The Morgan fingerprint density at radius 3 is 2.28 bits per heavy atom. The molecule has 0 fully saturated rings. The molecule has 0 bridgehead atoms. The Labute approximate surface area is 188 Å². The van der Waals surface area contributed by atoms with Crippen molar-refractivity contribution in [2.24, 2.45) is 0 Å². The zero-order chi connectivity index (χ0) is 23.1. The number of hydrogen-bond acceptors (Lipinski definition) is 4. The number of methoxy groups -OCH3 is 2. The predicted octanol–water partition coefficient (Wildman–Crippen LogP) is 5.98. The van der Waals surface area contributed by atoms with Crippen molar-refractivity contribution in [2.45, 2.75) is 27.0 Å². The molecular weight excluding hydrogens is 409 g/mol. The lowest BCUT2D eigenvalue weighted by atomic mass is 9.93. The van der Waals surface area contributed by atoms with E-state index in [1.807, 2.05) is 50.2 Å². The van der Waals surface area contributed by atoms with Crippen LogP contribution in [0.15, 0.2) is 60.7 Å². The fourth-order valence-electron chi connectivity index (χ4n) is 3.59. The number of hydrogen-bond donors (Lipinski definition) is 0. The molecule has 0 aromatic heterocycles. The summed E-state index contributed by atoms with van der Waals surface area (Å²) in [5, 5.41) is 0. The van der Waals surface area contributed by atoms with E-state index in [0.717, 1.165) is 27.8 Å². The summed E-state index contributed by atoms with van der Waals surface area (Å²) in [7, 11) is 3.22. The van der Waals surface area contributed by atoms with Crippen molar-refractivity contribution in [1.82, 2.24) is 4.90 Å². The van der Waals surface area contributed by atoms with Crippen LogP contribution in [-0.4, -0.2) is 31.8 Å². The van der Waals surface area contributed by atoms with E-state index in [1.165, 1.54) is 12.1 Å². The first-order chi connectivity index (χ1) is 15.5. The average Bonchev–Trinajstić information content (AvgIpc) is 2.82. The van der Waals surface area contributed by atoms with Gasteiger partial charge in [0.15, 0.2) is 11.5 Å². The molecule has 0 unspecified atom stereocenters. The topological polar surface area (TPSA) is 48.0 Å². The highest BCUT2D eigenvalue weighted by molar-refractivity contribution is 5.79. The van der Waals surface area contributed by atoms with Gasteiger partial charge in [0.25, 0.3) is 0 Å². The summed E-state index contributed by atoms with van der Waals surface area (Å²) < 4.78 is 29.9. The van der Waals surface area contributed by atoms with Gasteiger partial charge in [0, 0.05) is 18.7 Å². The van der Waals surface area contributed by atoms with Gasteiger partial charge in [0.05, 0.1) is 14.2 Å². The molecule has 3 aromatic carbocycles. The molecule has 0 aliphatic rings. The van der Waals surface area contributed by atoms with Crippen LogP contribution in [0.4, 0.5) is 9.18 Å². The number of halogens is 1. The second kappa shape index (κ2) is 10.7. The van der Waals surface area contributed by atoms with Crippen LogP contribution in [0.25, 0.3) is 11.1 Å². The maximum Gasteiger partial charge on any atom is 0.410 e. The number of nitrogens with zero attached hydrogens (tertiary/aromatic N) is 1. The molecule has 0 spiro atoms. The summed E-state index contributed by atoms with van der Waals surface area (Å²) in [6.07, 6.45) is -0.440. The third-order valence-electron chi connectivity index (χ3n) is 5.33. The first-order valence-corrected chi connectivity index (χ1v) is 10.4. The van der Waals surface area contributed by atoms with E-state index in [0.29, 0.717) is 24.6 Å². The summed E-state index contributed by atoms with van der Waals surface area (Å²) in [6, 6.07) is 17.7. The summed E-state index contributed by atoms with van der Waals surface area (Å²) in [5.41, 5.74) is 4.51. The number of amides is 1. The van der Waals surface area contributed by atoms with E-state index in [9.17, 15) is 9.18 Å². The lowest BCUT2D eigenvalue weighted by Gasteiger charge is -2.25. The molecule has 5 nitrogen and oxygen atoms in total. The molecule has 0 aliphatic carbocycles. The van der Waals surface area contributed by atoms with Crippen molar-refractivity contribution < 1.29 is 23.4 Å². The molecule has 0 saturated heterocycles. The van der Waals surface area contributed by atoms with Crippen molar-refractivity contribution in [3.63, 3.8) is 0 Å². The molecule has 3 rings (SSSR count). The molecular formula is C26H28FNO4. The highest BCUT2D eigenvalue weighted by Gasteiger charge is 2.23. The standard InChI is InChI=1S/C26H28FNO4/c1-5-28(26(29)32-17-19-11-13-21(27)14-12-19)16-22-18(2)15-23(30-3)25(31-4)24(22)20-9-7-6-8-10-20/h6-15H,5,16-17H2,1-4H3. The van der Waals surface area contributed by atoms with Crippen molar-refractivity contribution in [2.75, 3.05) is 20.8 Å². The summed E-state index contributed by atoms with van der Waals surface area (Å²) in [5.74, 6) is 0.928. The van der Waals surface area contributed by atoms with E-state index in [4.69, 9.17) is 14.2 Å². The Kier molecular flexibility index (Phi) is 7.71. The molecule has 0 aliphatic heterocycles. The number of benzene rings is 3. The second-order valence-electron chi connectivity index (χ2n) is 7.34. The second-order valence-corrected chi connectivity index (χ2v) is 7.34. The van der Waals surface area contributed by atoms with Gasteiger partial charge < -0.3 is 19.1 Å². The first-order valence-electron chi connectivity index (χ1n) is 10.4. The van der Waals surface area contributed by atoms with E-state index >= 15 is 0 Å². The van der Waals surface area contributed by atoms with Gasteiger partial charge >= 0.3 is 6.09 Å².